The number of aryl methyl sites for hydroxylation is 1. The molecule has 5 nitrogen and oxygen atoms in total. The van der Waals surface area contributed by atoms with Crippen LogP contribution in [0.3, 0.4) is 0 Å². The number of thiophene rings is 1. The Bertz CT molecular complexity index is 716. The van der Waals surface area contributed by atoms with Gasteiger partial charge in [-0.2, -0.15) is 0 Å². The first-order chi connectivity index (χ1) is 12.5. The maximum atomic E-state index is 12.3. The van der Waals surface area contributed by atoms with E-state index in [-0.39, 0.29) is 24.4 Å². The molecule has 6 heteroatoms. The van der Waals surface area contributed by atoms with Crippen LogP contribution in [0.2, 0.25) is 0 Å². The second kappa shape index (κ2) is 10.1. The summed E-state index contributed by atoms with van der Waals surface area (Å²) in [4.78, 5) is 27.6. The second-order valence-corrected chi connectivity index (χ2v) is 7.30. The SMILES string of the molecule is CCc1ccccc1NC(=O)CN(C)[C@@H](C)C(=O)NCCc1cccs1. The Morgan fingerprint density at radius 2 is 1.96 bits per heavy atom. The fraction of sp³-hybridized carbons (Fsp3) is 0.400. The molecule has 0 radical (unpaired) electrons. The van der Waals surface area contributed by atoms with Crippen molar-refractivity contribution < 1.29 is 9.59 Å². The van der Waals surface area contributed by atoms with E-state index in [9.17, 15) is 9.59 Å². The highest BCUT2D eigenvalue weighted by Crippen LogP contribution is 2.15. The zero-order chi connectivity index (χ0) is 18.9. The molecular formula is C20H27N3O2S. The van der Waals surface area contributed by atoms with Gasteiger partial charge >= 0.3 is 0 Å². The fourth-order valence-electron chi connectivity index (χ4n) is 2.62. The van der Waals surface area contributed by atoms with E-state index in [0.717, 1.165) is 24.1 Å². The molecule has 1 heterocycles. The first-order valence-corrected chi connectivity index (χ1v) is 9.77. The van der Waals surface area contributed by atoms with Crippen molar-refractivity contribution in [3.8, 4) is 0 Å². The number of anilines is 1. The van der Waals surface area contributed by atoms with E-state index in [1.807, 2.05) is 42.6 Å². The van der Waals surface area contributed by atoms with Crippen LogP contribution in [0.15, 0.2) is 41.8 Å². The molecule has 0 spiro atoms. The summed E-state index contributed by atoms with van der Waals surface area (Å²) in [6.45, 7) is 4.64. The lowest BCUT2D eigenvalue weighted by molar-refractivity contribution is -0.126. The van der Waals surface area contributed by atoms with Crippen molar-refractivity contribution in [3.05, 3.63) is 52.2 Å². The third-order valence-electron chi connectivity index (χ3n) is 4.36. The van der Waals surface area contributed by atoms with Gasteiger partial charge in [0.1, 0.15) is 0 Å². The molecule has 2 rings (SSSR count). The fourth-order valence-corrected chi connectivity index (χ4v) is 3.32. The van der Waals surface area contributed by atoms with Gasteiger partial charge in [0.2, 0.25) is 11.8 Å². The summed E-state index contributed by atoms with van der Waals surface area (Å²) >= 11 is 1.69. The molecule has 1 atom stereocenters. The van der Waals surface area contributed by atoms with Gasteiger partial charge in [0, 0.05) is 17.1 Å². The average Bonchev–Trinajstić information content (AvgIpc) is 3.14. The Hall–Kier alpha value is -2.18. The van der Waals surface area contributed by atoms with Crippen molar-refractivity contribution >= 4 is 28.8 Å². The average molecular weight is 374 g/mol. The number of hydrogen-bond donors (Lipinski definition) is 2. The van der Waals surface area contributed by atoms with Gasteiger partial charge < -0.3 is 10.6 Å². The maximum absolute atomic E-state index is 12.3. The van der Waals surface area contributed by atoms with Gasteiger partial charge in [-0.15, -0.1) is 11.3 Å². The number of para-hydroxylation sites is 1. The van der Waals surface area contributed by atoms with Crippen LogP contribution in [0.25, 0.3) is 0 Å². The zero-order valence-electron chi connectivity index (χ0n) is 15.6. The molecule has 0 saturated carbocycles. The van der Waals surface area contributed by atoms with Gasteiger partial charge in [0.05, 0.1) is 12.6 Å². The Balaban J connectivity index is 1.78. The summed E-state index contributed by atoms with van der Waals surface area (Å²) in [7, 11) is 1.79. The van der Waals surface area contributed by atoms with Crippen LogP contribution in [0.1, 0.15) is 24.3 Å². The van der Waals surface area contributed by atoms with Crippen molar-refractivity contribution in [2.45, 2.75) is 32.7 Å². The van der Waals surface area contributed by atoms with E-state index in [1.54, 1.807) is 23.3 Å². The first kappa shape index (κ1) is 20.1. The lowest BCUT2D eigenvalue weighted by Crippen LogP contribution is -2.46. The predicted octanol–water partition coefficient (Wildman–Crippen LogP) is 2.93. The predicted molar refractivity (Wildman–Crippen MR) is 108 cm³/mol. The number of nitrogens with one attached hydrogen (secondary N) is 2. The van der Waals surface area contributed by atoms with Crippen LogP contribution in [0.5, 0.6) is 0 Å². The normalized spacial score (nSPS) is 12.0. The number of hydrogen-bond acceptors (Lipinski definition) is 4. The number of carbonyl (C=O) groups is 2. The molecule has 2 aromatic rings. The minimum atomic E-state index is -0.370. The van der Waals surface area contributed by atoms with Crippen molar-refractivity contribution in [2.75, 3.05) is 25.5 Å². The topological polar surface area (TPSA) is 61.4 Å². The quantitative estimate of drug-likeness (QED) is 0.710. The number of benzene rings is 1. The molecule has 0 unspecified atom stereocenters. The van der Waals surface area contributed by atoms with Crippen molar-refractivity contribution in [2.24, 2.45) is 0 Å². The van der Waals surface area contributed by atoms with Gasteiger partial charge in [-0.25, -0.2) is 0 Å². The zero-order valence-corrected chi connectivity index (χ0v) is 16.4. The molecule has 26 heavy (non-hydrogen) atoms. The molecule has 2 amide bonds. The number of carbonyl (C=O) groups excluding carboxylic acids is 2. The molecular weight excluding hydrogens is 346 g/mol. The molecule has 0 bridgehead atoms. The van der Waals surface area contributed by atoms with E-state index in [1.165, 1.54) is 4.88 Å². The molecule has 1 aromatic heterocycles. The largest absolute Gasteiger partial charge is 0.354 e. The Morgan fingerprint density at radius 3 is 2.65 bits per heavy atom. The van der Waals surface area contributed by atoms with Crippen LogP contribution in [-0.4, -0.2) is 42.9 Å². The lowest BCUT2D eigenvalue weighted by Gasteiger charge is -2.23. The van der Waals surface area contributed by atoms with Gasteiger partial charge in [-0.1, -0.05) is 31.2 Å². The minimum absolute atomic E-state index is 0.0641. The van der Waals surface area contributed by atoms with Crippen LogP contribution >= 0.6 is 11.3 Å². The molecule has 140 valence electrons. The highest BCUT2D eigenvalue weighted by molar-refractivity contribution is 7.09. The first-order valence-electron chi connectivity index (χ1n) is 8.89. The summed E-state index contributed by atoms with van der Waals surface area (Å²) in [5, 5.41) is 7.90. The smallest absolute Gasteiger partial charge is 0.238 e. The van der Waals surface area contributed by atoms with Crippen LogP contribution < -0.4 is 10.6 Å². The van der Waals surface area contributed by atoms with Crippen LogP contribution in [0, 0.1) is 0 Å². The summed E-state index contributed by atoms with van der Waals surface area (Å²) in [6.07, 6.45) is 1.68. The summed E-state index contributed by atoms with van der Waals surface area (Å²) < 4.78 is 0. The highest BCUT2D eigenvalue weighted by Gasteiger charge is 2.20. The molecule has 1 aromatic carbocycles. The van der Waals surface area contributed by atoms with Crippen LogP contribution in [-0.2, 0) is 22.4 Å². The Labute approximate surface area is 159 Å². The summed E-state index contributed by atoms with van der Waals surface area (Å²) in [5.74, 6) is -0.183. The molecule has 0 aliphatic heterocycles. The second-order valence-electron chi connectivity index (χ2n) is 6.27. The number of rotatable bonds is 9. The van der Waals surface area contributed by atoms with E-state index < -0.39 is 0 Å². The van der Waals surface area contributed by atoms with E-state index in [4.69, 9.17) is 0 Å². The van der Waals surface area contributed by atoms with Crippen LogP contribution in [0.4, 0.5) is 5.69 Å². The number of likely N-dealkylation sites (N-methyl/N-ethyl adjacent to an activating group) is 1. The van der Waals surface area contributed by atoms with E-state index >= 15 is 0 Å². The summed E-state index contributed by atoms with van der Waals surface area (Å²) in [6, 6.07) is 11.5. The van der Waals surface area contributed by atoms with E-state index in [0.29, 0.717) is 6.54 Å². The molecule has 0 aliphatic carbocycles. The van der Waals surface area contributed by atoms with Gasteiger partial charge in [0.25, 0.3) is 0 Å². The molecule has 0 saturated heterocycles. The van der Waals surface area contributed by atoms with Gasteiger partial charge in [-0.05, 0) is 49.9 Å². The van der Waals surface area contributed by atoms with Crippen molar-refractivity contribution in [3.63, 3.8) is 0 Å². The third-order valence-corrected chi connectivity index (χ3v) is 5.29. The minimum Gasteiger partial charge on any atom is -0.354 e. The molecule has 2 N–H and O–H groups in total. The maximum Gasteiger partial charge on any atom is 0.238 e. The third kappa shape index (κ3) is 5.97. The van der Waals surface area contributed by atoms with Gasteiger partial charge in [-0.3, -0.25) is 14.5 Å². The van der Waals surface area contributed by atoms with Crippen molar-refractivity contribution in [1.82, 2.24) is 10.2 Å². The Morgan fingerprint density at radius 1 is 1.19 bits per heavy atom. The highest BCUT2D eigenvalue weighted by atomic mass is 32.1. The number of amides is 2. The van der Waals surface area contributed by atoms with Crippen molar-refractivity contribution in [1.29, 1.82) is 0 Å². The standard InChI is InChI=1S/C20H27N3O2S/c1-4-16-8-5-6-10-18(16)22-19(24)14-23(3)15(2)20(25)21-12-11-17-9-7-13-26-17/h5-10,13,15H,4,11-12,14H2,1-3H3,(H,21,25)(H,22,24)/t15-/m0/s1. The van der Waals surface area contributed by atoms with Gasteiger partial charge in [0.15, 0.2) is 0 Å². The Kier molecular flexibility index (Phi) is 7.81. The van der Waals surface area contributed by atoms with E-state index in [2.05, 4.69) is 23.6 Å². The molecule has 0 fully saturated rings. The lowest BCUT2D eigenvalue weighted by atomic mass is 10.1. The number of nitrogens with zero attached hydrogens (tertiary/aromatic N) is 1. The monoisotopic (exact) mass is 373 g/mol. The molecule has 0 aliphatic rings. The summed E-state index contributed by atoms with van der Waals surface area (Å²) in [5.41, 5.74) is 1.93.